The van der Waals surface area contributed by atoms with E-state index in [0.717, 1.165) is 19.5 Å². The molecule has 17 nitrogen and oxygen atoms in total. The summed E-state index contributed by atoms with van der Waals surface area (Å²) in [6, 6.07) is 10.3. The van der Waals surface area contributed by atoms with Gasteiger partial charge in [-0.3, -0.25) is 14.4 Å². The van der Waals surface area contributed by atoms with Gasteiger partial charge in [-0.15, -0.1) is 0 Å². The van der Waals surface area contributed by atoms with Crippen LogP contribution in [0.15, 0.2) is 36.4 Å². The number of nitrogen functional groups attached to an aromatic ring is 2. The molecule has 296 valence electrons. The number of nitrogens with one attached hydrogen (secondary N) is 1. The third-order valence-electron chi connectivity index (χ3n) is 9.15. The number of anilines is 2. The second-order valence-electron chi connectivity index (χ2n) is 12.8. The number of aromatic nitrogens is 4. The van der Waals surface area contributed by atoms with Gasteiger partial charge in [0.2, 0.25) is 0 Å². The number of methoxy groups -OCH3 is 4. The summed E-state index contributed by atoms with van der Waals surface area (Å²) in [5.74, 6) is 18.0. The van der Waals surface area contributed by atoms with Gasteiger partial charge >= 0.3 is 0 Å². The molecule has 2 aliphatic rings. The molecule has 2 atom stereocenters. The molecule has 4 heterocycles. The van der Waals surface area contributed by atoms with Crippen LogP contribution in [0, 0.1) is 35.5 Å². The average molecular weight is 777 g/mol. The topological polar surface area (TPSA) is 243 Å². The molecule has 2 saturated heterocycles. The Morgan fingerprint density at radius 1 is 0.702 bits per heavy atom. The van der Waals surface area contributed by atoms with Crippen molar-refractivity contribution in [3.05, 3.63) is 70.0 Å². The second-order valence-corrected chi connectivity index (χ2v) is 12.8. The van der Waals surface area contributed by atoms with Crippen LogP contribution in [0.1, 0.15) is 75.1 Å². The van der Waals surface area contributed by atoms with Gasteiger partial charge in [0, 0.05) is 42.9 Å². The van der Waals surface area contributed by atoms with Crippen LogP contribution in [-0.4, -0.2) is 96.8 Å². The molecule has 2 aliphatic heterocycles. The number of nitrogens with zero attached hydrogens (tertiary/aromatic N) is 5. The van der Waals surface area contributed by atoms with Gasteiger partial charge in [-0.2, -0.15) is 10.2 Å². The Morgan fingerprint density at radius 2 is 1.16 bits per heavy atom. The van der Waals surface area contributed by atoms with Crippen molar-refractivity contribution in [2.45, 2.75) is 31.8 Å². The summed E-state index contributed by atoms with van der Waals surface area (Å²) in [6.45, 7) is 4.13. The van der Waals surface area contributed by atoms with Gasteiger partial charge in [0.1, 0.15) is 45.8 Å². The Balaban J connectivity index is 0.000000221. The van der Waals surface area contributed by atoms with Gasteiger partial charge in [0.15, 0.2) is 11.4 Å². The number of likely N-dealkylation sites (tertiary alicyclic amines) is 1. The van der Waals surface area contributed by atoms with Crippen LogP contribution in [0.2, 0.25) is 0 Å². The number of benzene rings is 2. The molecular weight excluding hydrogens is 733 g/mol. The first-order chi connectivity index (χ1) is 27.4. The van der Waals surface area contributed by atoms with Crippen LogP contribution in [0.3, 0.4) is 0 Å². The normalized spacial score (nSPS) is 15.4. The Kier molecular flexibility index (Phi) is 13.2. The summed E-state index contributed by atoms with van der Waals surface area (Å²) in [5.41, 5.74) is 25.2. The van der Waals surface area contributed by atoms with Gasteiger partial charge in [0.05, 0.1) is 40.5 Å². The number of carbonyl (C=O) groups excluding carboxylic acids is 3. The minimum absolute atomic E-state index is 0.0560. The van der Waals surface area contributed by atoms with Gasteiger partial charge in [0.25, 0.3) is 17.7 Å². The van der Waals surface area contributed by atoms with Gasteiger partial charge in [-0.25, -0.2) is 9.36 Å². The monoisotopic (exact) mass is 776 g/mol. The molecule has 0 bridgehead atoms. The first-order valence-electron chi connectivity index (χ1n) is 17.7. The van der Waals surface area contributed by atoms with E-state index < -0.39 is 11.8 Å². The molecule has 2 fully saturated rings. The molecule has 6 rings (SSSR count). The fourth-order valence-electron chi connectivity index (χ4n) is 6.29. The summed E-state index contributed by atoms with van der Waals surface area (Å²) in [7, 11) is 6.22. The Labute approximate surface area is 329 Å². The van der Waals surface area contributed by atoms with E-state index in [-0.39, 0.29) is 52.1 Å². The number of nitrogens with two attached hydrogens (primary N) is 4. The zero-order valence-electron chi connectivity index (χ0n) is 32.3. The van der Waals surface area contributed by atoms with Crippen molar-refractivity contribution in [1.29, 1.82) is 0 Å². The molecule has 0 unspecified atom stereocenters. The molecule has 2 aromatic heterocycles. The van der Waals surface area contributed by atoms with E-state index in [9.17, 15) is 14.4 Å². The maximum Gasteiger partial charge on any atom is 0.298 e. The van der Waals surface area contributed by atoms with Crippen LogP contribution in [-0.2, 0) is 4.79 Å². The standard InChI is InChI=1S/C22H23N5O4.C18H21N5O3/c1-4-5-19(28)26-9-8-15(13-26)27-21(23)20(22(24)29)18(25-27)7-6-14-10-16(30-2)12-17(11-14)31-3;1-25-13-7-11(8-14(9-13)26-2)3-4-15-16(18(20)24)17(19)23(22-15)12-5-6-21-10-12/h10-12,15H,8-9,13,23H2,1-3H3,(H2,24,29);7-9,12,21H,5-6,10,19H2,1-2H3,(H2,20,24)/t15-;12-/m00/s1. The molecule has 9 N–H and O–H groups in total. The quantitative estimate of drug-likeness (QED) is 0.159. The SMILES string of the molecule is CC#CC(=O)N1CC[C@H](n2nc(C#Cc3cc(OC)cc(OC)c3)c(C(N)=O)c2N)C1.COc1cc(C#Cc2nn([C@H]3CCNC3)c(N)c2C(N)=O)cc(OC)c1. The second kappa shape index (κ2) is 18.4. The lowest BCUT2D eigenvalue weighted by molar-refractivity contribution is -0.124. The zero-order chi connectivity index (χ0) is 41.2. The minimum atomic E-state index is -0.723. The lowest BCUT2D eigenvalue weighted by atomic mass is 10.1. The maximum atomic E-state index is 12.0. The number of amides is 3. The minimum Gasteiger partial charge on any atom is -0.497 e. The summed E-state index contributed by atoms with van der Waals surface area (Å²) >= 11 is 0. The molecule has 2 aromatic carbocycles. The predicted octanol–water partition coefficient (Wildman–Crippen LogP) is 1.29. The molecule has 0 radical (unpaired) electrons. The van der Waals surface area contributed by atoms with E-state index in [1.54, 1.807) is 81.3 Å². The largest absolute Gasteiger partial charge is 0.497 e. The lowest BCUT2D eigenvalue weighted by Gasteiger charge is -2.14. The van der Waals surface area contributed by atoms with Gasteiger partial charge in [-0.1, -0.05) is 17.8 Å². The van der Waals surface area contributed by atoms with Crippen molar-refractivity contribution >= 4 is 29.4 Å². The molecule has 4 aromatic rings. The number of hydrogen-bond donors (Lipinski definition) is 5. The number of rotatable bonds is 8. The van der Waals surface area contributed by atoms with Crippen molar-refractivity contribution in [2.24, 2.45) is 11.5 Å². The first-order valence-corrected chi connectivity index (χ1v) is 17.7. The third kappa shape index (κ3) is 9.51. The molecule has 17 heteroatoms. The van der Waals surface area contributed by atoms with E-state index >= 15 is 0 Å². The number of ether oxygens (including phenoxy) is 4. The van der Waals surface area contributed by atoms with E-state index in [1.165, 1.54) is 4.68 Å². The van der Waals surface area contributed by atoms with Crippen molar-refractivity contribution in [2.75, 3.05) is 66.1 Å². The molecule has 57 heavy (non-hydrogen) atoms. The van der Waals surface area contributed by atoms with Crippen molar-refractivity contribution in [3.63, 3.8) is 0 Å². The zero-order valence-corrected chi connectivity index (χ0v) is 32.3. The number of carbonyl (C=O) groups is 3. The van der Waals surface area contributed by atoms with E-state index in [2.05, 4.69) is 51.0 Å². The van der Waals surface area contributed by atoms with Crippen LogP contribution in [0.5, 0.6) is 23.0 Å². The summed E-state index contributed by atoms with van der Waals surface area (Å²) in [5, 5.41) is 12.1. The Hall–Kier alpha value is -7.29. The first kappa shape index (κ1) is 40.9. The van der Waals surface area contributed by atoms with Crippen molar-refractivity contribution in [1.82, 2.24) is 29.8 Å². The Morgan fingerprint density at radius 3 is 1.54 bits per heavy atom. The smallest absolute Gasteiger partial charge is 0.298 e. The highest BCUT2D eigenvalue weighted by Gasteiger charge is 2.31. The number of hydrogen-bond acceptors (Lipinski definition) is 12. The average Bonchev–Trinajstić information content (AvgIpc) is 4.03. The van der Waals surface area contributed by atoms with Crippen LogP contribution in [0.4, 0.5) is 11.6 Å². The molecular formula is C40H44N10O7. The van der Waals surface area contributed by atoms with Crippen molar-refractivity contribution < 1.29 is 33.3 Å². The summed E-state index contributed by atoms with van der Waals surface area (Å²) in [6.07, 6.45) is 1.51. The van der Waals surface area contributed by atoms with Crippen LogP contribution in [0.25, 0.3) is 0 Å². The molecule has 3 amide bonds. The van der Waals surface area contributed by atoms with E-state index in [4.69, 9.17) is 41.9 Å². The highest BCUT2D eigenvalue weighted by Crippen LogP contribution is 2.28. The molecule has 0 saturated carbocycles. The van der Waals surface area contributed by atoms with Crippen molar-refractivity contribution in [3.8, 4) is 58.5 Å². The highest BCUT2D eigenvalue weighted by molar-refractivity contribution is 6.00. The fourth-order valence-corrected chi connectivity index (χ4v) is 6.29. The number of primary amides is 2. The van der Waals surface area contributed by atoms with Crippen LogP contribution >= 0.6 is 0 Å². The maximum absolute atomic E-state index is 12.0. The van der Waals surface area contributed by atoms with Gasteiger partial charge < -0.3 is 52.1 Å². The third-order valence-corrected chi connectivity index (χ3v) is 9.15. The van der Waals surface area contributed by atoms with Crippen LogP contribution < -0.4 is 47.2 Å². The Bertz CT molecular complexity index is 2320. The van der Waals surface area contributed by atoms with E-state index in [0.29, 0.717) is 53.6 Å². The highest BCUT2D eigenvalue weighted by atomic mass is 16.5. The van der Waals surface area contributed by atoms with E-state index in [1.807, 2.05) is 0 Å². The summed E-state index contributed by atoms with van der Waals surface area (Å²) in [4.78, 5) is 37.5. The van der Waals surface area contributed by atoms with Gasteiger partial charge in [-0.05, 0) is 68.3 Å². The summed E-state index contributed by atoms with van der Waals surface area (Å²) < 4.78 is 24.1. The fraction of sp³-hybridized carbons (Fsp3) is 0.325. The molecule has 0 spiro atoms. The molecule has 0 aliphatic carbocycles. The predicted molar refractivity (Wildman–Crippen MR) is 212 cm³/mol. The lowest BCUT2D eigenvalue weighted by Crippen LogP contribution is -2.28.